The highest BCUT2D eigenvalue weighted by Gasteiger charge is 2.45. The van der Waals surface area contributed by atoms with E-state index < -0.39 is 0 Å². The fourth-order valence-electron chi connectivity index (χ4n) is 3.67. The molecule has 1 N–H and O–H groups in total. The van der Waals surface area contributed by atoms with E-state index in [1.54, 1.807) is 6.20 Å². The summed E-state index contributed by atoms with van der Waals surface area (Å²) in [6.07, 6.45) is 6.74. The summed E-state index contributed by atoms with van der Waals surface area (Å²) >= 11 is 6.47. The smallest absolute Gasteiger partial charge is 0.0835 e. The van der Waals surface area contributed by atoms with Crippen molar-refractivity contribution >= 4 is 11.6 Å². The molecule has 0 amide bonds. The zero-order chi connectivity index (χ0) is 14.9. The van der Waals surface area contributed by atoms with Crippen LogP contribution in [-0.4, -0.2) is 41.4 Å². The number of nitrogens with one attached hydrogen (secondary N) is 1. The average Bonchev–Trinajstić information content (AvgIpc) is 3.00. The molecule has 114 valence electrons. The second kappa shape index (κ2) is 6.04. The van der Waals surface area contributed by atoms with Gasteiger partial charge in [0.1, 0.15) is 0 Å². The number of halogens is 1. The fourth-order valence-corrected chi connectivity index (χ4v) is 3.91. The Morgan fingerprint density at radius 2 is 1.95 bits per heavy atom. The van der Waals surface area contributed by atoms with E-state index in [-0.39, 0.29) is 11.6 Å². The van der Waals surface area contributed by atoms with Crippen molar-refractivity contribution in [2.24, 2.45) is 0 Å². The van der Waals surface area contributed by atoms with Gasteiger partial charge < -0.3 is 10.2 Å². The molecule has 1 atom stereocenters. The lowest BCUT2D eigenvalue weighted by atomic mass is 9.84. The number of likely N-dealkylation sites (N-methyl/N-ethyl adjacent to an activating group) is 2. The van der Waals surface area contributed by atoms with Crippen molar-refractivity contribution in [3.8, 4) is 0 Å². The van der Waals surface area contributed by atoms with Gasteiger partial charge in [0.25, 0.3) is 0 Å². The van der Waals surface area contributed by atoms with Gasteiger partial charge in [0, 0.05) is 11.6 Å². The highest BCUT2D eigenvalue weighted by Crippen LogP contribution is 2.45. The third-order valence-electron chi connectivity index (χ3n) is 4.74. The van der Waals surface area contributed by atoms with E-state index in [4.69, 9.17) is 11.6 Å². The van der Waals surface area contributed by atoms with E-state index in [1.165, 1.54) is 25.7 Å². The first-order chi connectivity index (χ1) is 9.44. The average molecular weight is 299 g/mol. The Morgan fingerprint density at radius 1 is 1.35 bits per heavy atom. The van der Waals surface area contributed by atoms with Crippen molar-refractivity contribution in [2.45, 2.75) is 57.2 Å². The van der Waals surface area contributed by atoms with Gasteiger partial charge in [0.2, 0.25) is 0 Å². The molecule has 20 heavy (non-hydrogen) atoms. The molecule has 4 nitrogen and oxygen atoms in total. The molecule has 2 rings (SSSR count). The van der Waals surface area contributed by atoms with Crippen molar-refractivity contribution in [1.82, 2.24) is 20.0 Å². The third-order valence-corrected chi connectivity index (χ3v) is 5.03. The second-order valence-electron chi connectivity index (χ2n) is 6.34. The third kappa shape index (κ3) is 2.49. The van der Waals surface area contributed by atoms with E-state index >= 15 is 0 Å². The zero-order valence-corrected chi connectivity index (χ0v) is 14.0. The topological polar surface area (TPSA) is 33.1 Å². The molecule has 0 spiro atoms. The number of hydrogen-bond donors (Lipinski definition) is 1. The van der Waals surface area contributed by atoms with Crippen LogP contribution >= 0.6 is 11.6 Å². The minimum Gasteiger partial charge on any atom is -0.310 e. The maximum Gasteiger partial charge on any atom is 0.0835 e. The molecule has 1 heterocycles. The summed E-state index contributed by atoms with van der Waals surface area (Å²) in [7, 11) is 6.39. The van der Waals surface area contributed by atoms with Gasteiger partial charge in [-0.1, -0.05) is 24.4 Å². The Balaban J connectivity index is 2.49. The first-order valence-corrected chi connectivity index (χ1v) is 7.89. The molecule has 0 saturated heterocycles. The number of rotatable bonds is 5. The summed E-state index contributed by atoms with van der Waals surface area (Å²) in [6, 6.07) is 0.520. The Labute approximate surface area is 127 Å². The quantitative estimate of drug-likeness (QED) is 0.906. The summed E-state index contributed by atoms with van der Waals surface area (Å²) in [5, 5.41) is 8.76. The SMILES string of the molecule is CNC(c1c(Cl)cnn1C(C)C)C1(N(C)C)CCCC1. The lowest BCUT2D eigenvalue weighted by molar-refractivity contribution is 0.103. The lowest BCUT2D eigenvalue weighted by Crippen LogP contribution is -2.52. The fraction of sp³-hybridized carbons (Fsp3) is 0.800. The zero-order valence-electron chi connectivity index (χ0n) is 13.3. The predicted molar refractivity (Wildman–Crippen MR) is 84.3 cm³/mol. The summed E-state index contributed by atoms with van der Waals surface area (Å²) < 4.78 is 2.06. The normalized spacial score (nSPS) is 20.0. The van der Waals surface area contributed by atoms with Crippen LogP contribution in [0.4, 0.5) is 0 Å². The molecule has 1 aliphatic carbocycles. The molecule has 1 aliphatic rings. The standard InChI is InChI=1S/C15H27ClN4/c1-11(2)20-13(12(16)10-18-20)14(17-3)15(19(4)5)8-6-7-9-15/h10-11,14,17H,6-9H2,1-5H3. The van der Waals surface area contributed by atoms with Crippen molar-refractivity contribution in [3.63, 3.8) is 0 Å². The molecule has 1 aromatic rings. The molecule has 0 bridgehead atoms. The van der Waals surface area contributed by atoms with Crippen molar-refractivity contribution in [2.75, 3.05) is 21.1 Å². The van der Waals surface area contributed by atoms with Crippen LogP contribution in [0.25, 0.3) is 0 Å². The van der Waals surface area contributed by atoms with Gasteiger partial charge in [-0.25, -0.2) is 0 Å². The van der Waals surface area contributed by atoms with Crippen molar-refractivity contribution in [3.05, 3.63) is 16.9 Å². The number of hydrogen-bond acceptors (Lipinski definition) is 3. The Morgan fingerprint density at radius 3 is 2.40 bits per heavy atom. The lowest BCUT2D eigenvalue weighted by Gasteiger charge is -2.43. The minimum atomic E-state index is 0.130. The molecular formula is C15H27ClN4. The van der Waals surface area contributed by atoms with Crippen LogP contribution in [-0.2, 0) is 0 Å². The van der Waals surface area contributed by atoms with Crippen LogP contribution in [0, 0.1) is 0 Å². The molecule has 1 aromatic heterocycles. The number of nitrogens with zero attached hydrogens (tertiary/aromatic N) is 3. The minimum absolute atomic E-state index is 0.130. The molecular weight excluding hydrogens is 272 g/mol. The van der Waals surface area contributed by atoms with Gasteiger partial charge in [-0.3, -0.25) is 4.68 Å². The van der Waals surface area contributed by atoms with E-state index in [0.717, 1.165) is 10.7 Å². The molecule has 0 aromatic carbocycles. The predicted octanol–water partition coefficient (Wildman–Crippen LogP) is 3.25. The highest BCUT2D eigenvalue weighted by molar-refractivity contribution is 6.31. The van der Waals surface area contributed by atoms with Crippen LogP contribution in [0.3, 0.4) is 0 Å². The van der Waals surface area contributed by atoms with E-state index in [9.17, 15) is 0 Å². The number of aromatic nitrogens is 2. The van der Waals surface area contributed by atoms with Gasteiger partial charge in [-0.15, -0.1) is 0 Å². The Kier molecular flexibility index (Phi) is 4.77. The van der Waals surface area contributed by atoms with Crippen molar-refractivity contribution < 1.29 is 0 Å². The highest BCUT2D eigenvalue weighted by atomic mass is 35.5. The van der Waals surface area contributed by atoms with Gasteiger partial charge in [0.15, 0.2) is 0 Å². The molecule has 1 saturated carbocycles. The molecule has 0 aliphatic heterocycles. The summed E-state index contributed by atoms with van der Waals surface area (Å²) in [4.78, 5) is 2.37. The Bertz CT molecular complexity index is 447. The van der Waals surface area contributed by atoms with Crippen LogP contribution in [0.1, 0.15) is 57.3 Å². The Hall–Kier alpha value is -0.580. The van der Waals surface area contributed by atoms with E-state index in [1.807, 2.05) is 7.05 Å². The monoisotopic (exact) mass is 298 g/mol. The van der Waals surface area contributed by atoms with Crippen LogP contribution in [0.2, 0.25) is 5.02 Å². The largest absolute Gasteiger partial charge is 0.310 e. The van der Waals surface area contributed by atoms with Crippen LogP contribution < -0.4 is 5.32 Å². The van der Waals surface area contributed by atoms with E-state index in [0.29, 0.717) is 6.04 Å². The van der Waals surface area contributed by atoms with Crippen molar-refractivity contribution in [1.29, 1.82) is 0 Å². The van der Waals surface area contributed by atoms with Gasteiger partial charge in [-0.2, -0.15) is 5.10 Å². The first-order valence-electron chi connectivity index (χ1n) is 7.51. The molecule has 5 heteroatoms. The van der Waals surface area contributed by atoms with Crippen LogP contribution in [0.15, 0.2) is 6.20 Å². The first kappa shape index (κ1) is 15.8. The van der Waals surface area contributed by atoms with Gasteiger partial charge >= 0.3 is 0 Å². The molecule has 0 radical (unpaired) electrons. The van der Waals surface area contributed by atoms with Crippen LogP contribution in [0.5, 0.6) is 0 Å². The second-order valence-corrected chi connectivity index (χ2v) is 6.75. The summed E-state index contributed by atoms with van der Waals surface area (Å²) in [5.74, 6) is 0. The van der Waals surface area contributed by atoms with Gasteiger partial charge in [0.05, 0.1) is 23.0 Å². The van der Waals surface area contributed by atoms with Gasteiger partial charge in [-0.05, 0) is 47.8 Å². The van der Waals surface area contributed by atoms with E-state index in [2.05, 4.69) is 47.9 Å². The maximum atomic E-state index is 6.47. The maximum absolute atomic E-state index is 6.47. The summed E-state index contributed by atoms with van der Waals surface area (Å²) in [5.41, 5.74) is 1.25. The molecule has 1 unspecified atom stereocenters. The summed E-state index contributed by atoms with van der Waals surface area (Å²) in [6.45, 7) is 4.30. The molecule has 1 fully saturated rings.